The Balaban J connectivity index is 1.39. The number of aromatic nitrogens is 2. The largest absolute Gasteiger partial charge is 0.342 e. The summed E-state index contributed by atoms with van der Waals surface area (Å²) in [7, 11) is 1.75. The van der Waals surface area contributed by atoms with Gasteiger partial charge in [-0.1, -0.05) is 0 Å². The SMILES string of the molecule is CC(=O)N1CC(CN2CC(Cc3cn(-c4ccc(F)cc4C(=O)N(C)C(C)C)c4cncc(C)c34)C2)C1. The lowest BCUT2D eigenvalue weighted by Crippen LogP contribution is -2.57. The monoisotopic (exact) mass is 505 g/mol. The Labute approximate surface area is 217 Å². The van der Waals surface area contributed by atoms with Crippen LogP contribution in [0.2, 0.25) is 0 Å². The van der Waals surface area contributed by atoms with Gasteiger partial charge in [0.25, 0.3) is 5.91 Å². The molecule has 0 spiro atoms. The first-order valence-corrected chi connectivity index (χ1v) is 13.1. The summed E-state index contributed by atoms with van der Waals surface area (Å²) in [6.07, 6.45) is 6.76. The molecule has 3 aromatic rings. The number of fused-ring (bicyclic) bond motifs is 1. The minimum absolute atomic E-state index is 0.00321. The summed E-state index contributed by atoms with van der Waals surface area (Å²) in [6, 6.07) is 4.43. The molecule has 2 aromatic heterocycles. The first-order valence-electron chi connectivity index (χ1n) is 13.1. The van der Waals surface area contributed by atoms with E-state index in [9.17, 15) is 14.0 Å². The van der Waals surface area contributed by atoms with Crippen molar-refractivity contribution in [1.29, 1.82) is 0 Å². The van der Waals surface area contributed by atoms with Gasteiger partial charge in [0.15, 0.2) is 0 Å². The lowest BCUT2D eigenvalue weighted by atomic mass is 9.89. The highest BCUT2D eigenvalue weighted by Crippen LogP contribution is 2.33. The number of carbonyl (C=O) groups excluding carboxylic acids is 2. The van der Waals surface area contributed by atoms with Gasteiger partial charge in [0, 0.05) is 76.4 Å². The average molecular weight is 506 g/mol. The van der Waals surface area contributed by atoms with Crippen molar-refractivity contribution < 1.29 is 14.0 Å². The summed E-state index contributed by atoms with van der Waals surface area (Å²) in [6.45, 7) is 12.5. The van der Waals surface area contributed by atoms with Crippen molar-refractivity contribution in [1.82, 2.24) is 24.3 Å². The minimum atomic E-state index is -0.428. The number of hydrogen-bond acceptors (Lipinski definition) is 4. The van der Waals surface area contributed by atoms with E-state index in [1.165, 1.54) is 17.7 Å². The van der Waals surface area contributed by atoms with Crippen molar-refractivity contribution in [2.45, 2.75) is 40.2 Å². The summed E-state index contributed by atoms with van der Waals surface area (Å²) in [4.78, 5) is 35.2. The van der Waals surface area contributed by atoms with Gasteiger partial charge in [-0.25, -0.2) is 4.39 Å². The van der Waals surface area contributed by atoms with Crippen LogP contribution in [0.15, 0.2) is 36.8 Å². The van der Waals surface area contributed by atoms with Gasteiger partial charge >= 0.3 is 0 Å². The summed E-state index contributed by atoms with van der Waals surface area (Å²) in [5, 5.41) is 1.16. The highest BCUT2D eigenvalue weighted by molar-refractivity contribution is 5.99. The molecule has 1 aromatic carbocycles. The molecule has 0 atom stereocenters. The minimum Gasteiger partial charge on any atom is -0.342 e. The number of aryl methyl sites for hydroxylation is 1. The third-order valence-corrected chi connectivity index (χ3v) is 7.98. The van der Waals surface area contributed by atoms with Gasteiger partial charge in [0.2, 0.25) is 5.91 Å². The molecule has 37 heavy (non-hydrogen) atoms. The molecule has 0 N–H and O–H groups in total. The molecule has 0 bridgehead atoms. The summed E-state index contributed by atoms with van der Waals surface area (Å²) >= 11 is 0. The van der Waals surface area contributed by atoms with Crippen LogP contribution < -0.4 is 0 Å². The number of nitrogens with zero attached hydrogens (tertiary/aromatic N) is 5. The number of pyridine rings is 1. The van der Waals surface area contributed by atoms with Crippen LogP contribution in [0.4, 0.5) is 4.39 Å². The van der Waals surface area contributed by atoms with Crippen LogP contribution in [0, 0.1) is 24.6 Å². The number of carbonyl (C=O) groups is 2. The Kier molecular flexibility index (Phi) is 6.79. The van der Waals surface area contributed by atoms with Crippen LogP contribution in [0.1, 0.15) is 42.3 Å². The summed E-state index contributed by atoms with van der Waals surface area (Å²) in [5.74, 6) is 0.668. The fourth-order valence-corrected chi connectivity index (χ4v) is 5.68. The first-order chi connectivity index (χ1) is 17.6. The number of likely N-dealkylation sites (tertiary alicyclic amines) is 2. The molecule has 0 aliphatic carbocycles. The number of rotatable bonds is 7. The van der Waals surface area contributed by atoms with Crippen LogP contribution in [0.25, 0.3) is 16.6 Å². The van der Waals surface area contributed by atoms with Gasteiger partial charge in [-0.15, -0.1) is 0 Å². The van der Waals surface area contributed by atoms with Crippen LogP contribution in [0.3, 0.4) is 0 Å². The van der Waals surface area contributed by atoms with Crippen LogP contribution >= 0.6 is 0 Å². The molecule has 4 heterocycles. The topological polar surface area (TPSA) is 61.7 Å². The molecule has 0 saturated carbocycles. The number of hydrogen-bond donors (Lipinski definition) is 0. The molecule has 2 aliphatic heterocycles. The molecular formula is C29H36FN5O2. The third kappa shape index (κ3) is 4.87. The van der Waals surface area contributed by atoms with Crippen molar-refractivity contribution >= 4 is 22.7 Å². The Morgan fingerprint density at radius 3 is 2.54 bits per heavy atom. The zero-order valence-electron chi connectivity index (χ0n) is 22.4. The van der Waals surface area contributed by atoms with Gasteiger partial charge in [-0.2, -0.15) is 0 Å². The van der Waals surface area contributed by atoms with E-state index in [1.54, 1.807) is 24.9 Å². The maximum absolute atomic E-state index is 14.3. The lowest BCUT2D eigenvalue weighted by molar-refractivity contribution is -0.136. The molecule has 2 aliphatic rings. The van der Waals surface area contributed by atoms with E-state index in [4.69, 9.17) is 0 Å². The van der Waals surface area contributed by atoms with Gasteiger partial charge in [-0.3, -0.25) is 14.6 Å². The van der Waals surface area contributed by atoms with Crippen molar-refractivity contribution in [3.05, 3.63) is 59.3 Å². The Bertz CT molecular complexity index is 1340. The fraction of sp³-hybridized carbons (Fsp3) is 0.483. The third-order valence-electron chi connectivity index (χ3n) is 7.98. The molecule has 0 unspecified atom stereocenters. The summed E-state index contributed by atoms with van der Waals surface area (Å²) < 4.78 is 16.3. The van der Waals surface area contributed by atoms with Gasteiger partial charge in [0.1, 0.15) is 5.82 Å². The first kappa shape index (κ1) is 25.4. The van der Waals surface area contributed by atoms with Crippen molar-refractivity contribution in [3.63, 3.8) is 0 Å². The predicted molar refractivity (Wildman–Crippen MR) is 142 cm³/mol. The van der Waals surface area contributed by atoms with Crippen molar-refractivity contribution in [2.75, 3.05) is 39.8 Å². The highest BCUT2D eigenvalue weighted by Gasteiger charge is 2.35. The van der Waals surface area contributed by atoms with Gasteiger partial charge < -0.3 is 19.3 Å². The molecular weight excluding hydrogens is 469 g/mol. The smallest absolute Gasteiger partial charge is 0.256 e. The normalized spacial score (nSPS) is 16.8. The second-order valence-corrected chi connectivity index (χ2v) is 11.1. The molecule has 7 nitrogen and oxygen atoms in total. The number of benzene rings is 1. The lowest BCUT2D eigenvalue weighted by Gasteiger charge is -2.46. The maximum Gasteiger partial charge on any atom is 0.256 e. The molecule has 8 heteroatoms. The van der Waals surface area contributed by atoms with E-state index in [0.717, 1.165) is 55.6 Å². The van der Waals surface area contributed by atoms with E-state index in [0.29, 0.717) is 23.1 Å². The van der Waals surface area contributed by atoms with Gasteiger partial charge in [-0.05, 0) is 62.4 Å². The second kappa shape index (κ2) is 9.89. The predicted octanol–water partition coefficient (Wildman–Crippen LogP) is 3.91. The van der Waals surface area contributed by atoms with Crippen molar-refractivity contribution in [2.24, 2.45) is 11.8 Å². The Morgan fingerprint density at radius 2 is 1.86 bits per heavy atom. The Hall–Kier alpha value is -3.26. The standard InChI is InChI=1S/C29H36FN5O2/c1-18(2)32(5)29(37)25-9-24(30)6-7-26(25)35-17-23(28-19(3)10-31-11-27(28)35)8-21-12-33(13-21)14-22-15-34(16-22)20(4)36/h6-7,9-11,17-18,21-22H,8,12-16H2,1-5H3. The average Bonchev–Trinajstić information content (AvgIpc) is 3.17. The highest BCUT2D eigenvalue weighted by atomic mass is 19.1. The van der Waals surface area contributed by atoms with E-state index < -0.39 is 5.82 Å². The second-order valence-electron chi connectivity index (χ2n) is 11.1. The summed E-state index contributed by atoms with van der Waals surface area (Å²) in [5.41, 5.74) is 4.26. The van der Waals surface area contributed by atoms with E-state index in [2.05, 4.69) is 23.0 Å². The van der Waals surface area contributed by atoms with Crippen LogP contribution in [0.5, 0.6) is 0 Å². The molecule has 5 rings (SSSR count). The molecule has 2 amide bonds. The molecule has 196 valence electrons. The Morgan fingerprint density at radius 1 is 1.14 bits per heavy atom. The number of halogens is 1. The van der Waals surface area contributed by atoms with E-state index in [-0.39, 0.29) is 17.9 Å². The zero-order valence-corrected chi connectivity index (χ0v) is 22.4. The zero-order chi connectivity index (χ0) is 26.4. The maximum atomic E-state index is 14.3. The quantitative estimate of drug-likeness (QED) is 0.489. The van der Waals surface area contributed by atoms with Gasteiger partial charge in [0.05, 0.1) is 23.0 Å². The fourth-order valence-electron chi connectivity index (χ4n) is 5.68. The van der Waals surface area contributed by atoms with Crippen molar-refractivity contribution in [3.8, 4) is 5.69 Å². The molecule has 2 fully saturated rings. The van der Waals surface area contributed by atoms with E-state index in [1.807, 2.05) is 35.7 Å². The number of amides is 2. The van der Waals surface area contributed by atoms with Crippen LogP contribution in [-0.4, -0.2) is 81.9 Å². The molecule has 0 radical (unpaired) electrons. The molecule has 2 saturated heterocycles. The van der Waals surface area contributed by atoms with E-state index >= 15 is 0 Å². The van der Waals surface area contributed by atoms with Crippen LogP contribution in [-0.2, 0) is 11.2 Å².